The molecule has 4 nitrogen and oxygen atoms in total. The van der Waals surface area contributed by atoms with Crippen LogP contribution in [0, 0.1) is 0 Å². The van der Waals surface area contributed by atoms with Crippen molar-refractivity contribution in [2.75, 3.05) is 6.61 Å². The van der Waals surface area contributed by atoms with Crippen molar-refractivity contribution in [2.45, 2.75) is 26.2 Å². The molecule has 1 aromatic heterocycles. The third kappa shape index (κ3) is 2.14. The molecule has 1 aromatic carbocycles. The minimum Gasteiger partial charge on any atom is -0.492 e. The van der Waals surface area contributed by atoms with Crippen LogP contribution in [0.15, 0.2) is 29.1 Å². The number of H-pyrrole nitrogens is 1. The van der Waals surface area contributed by atoms with E-state index in [9.17, 15) is 4.79 Å². The van der Waals surface area contributed by atoms with Gasteiger partial charge in [0.15, 0.2) is 0 Å². The molecule has 0 spiro atoms. The Morgan fingerprint density at radius 1 is 1.37 bits per heavy atom. The zero-order chi connectivity index (χ0) is 13.4. The van der Waals surface area contributed by atoms with Gasteiger partial charge in [0, 0.05) is 24.0 Å². The van der Waals surface area contributed by atoms with Gasteiger partial charge in [0.05, 0.1) is 12.3 Å². The monoisotopic (exact) mass is 256 g/mol. The summed E-state index contributed by atoms with van der Waals surface area (Å²) in [6.45, 7) is 4.72. The lowest BCUT2D eigenvalue weighted by atomic mass is 10.1. The topological polar surface area (TPSA) is 55.0 Å². The fraction of sp³-hybridized carbons (Fsp3) is 0.333. The zero-order valence-electron chi connectivity index (χ0n) is 11.1. The van der Waals surface area contributed by atoms with Crippen molar-refractivity contribution in [1.82, 2.24) is 9.97 Å². The van der Waals surface area contributed by atoms with Crippen molar-refractivity contribution in [2.24, 2.45) is 0 Å². The van der Waals surface area contributed by atoms with Crippen LogP contribution in [0.2, 0.25) is 0 Å². The molecule has 1 aliphatic rings. The summed E-state index contributed by atoms with van der Waals surface area (Å²) in [5, 5.41) is 0. The SMILES string of the molecule is CC(C)c1nc(-c2cccc3c2OCC3)cc(=O)[nH]1. The number of nitrogens with one attached hydrogen (secondary N) is 1. The Morgan fingerprint density at radius 2 is 2.21 bits per heavy atom. The Bertz CT molecular complexity index is 674. The maximum Gasteiger partial charge on any atom is 0.251 e. The minimum atomic E-state index is -0.121. The number of aromatic amines is 1. The molecule has 0 aliphatic carbocycles. The first kappa shape index (κ1) is 12.0. The first-order valence-corrected chi connectivity index (χ1v) is 6.51. The van der Waals surface area contributed by atoms with Gasteiger partial charge in [-0.05, 0) is 11.6 Å². The Morgan fingerprint density at radius 3 is 3.00 bits per heavy atom. The average Bonchev–Trinajstić information content (AvgIpc) is 2.85. The number of fused-ring (bicyclic) bond motifs is 1. The van der Waals surface area contributed by atoms with Gasteiger partial charge >= 0.3 is 0 Å². The summed E-state index contributed by atoms with van der Waals surface area (Å²) < 4.78 is 5.67. The first-order valence-electron chi connectivity index (χ1n) is 6.51. The number of benzene rings is 1. The standard InChI is InChI=1S/C15H16N2O2/c1-9(2)15-16-12(8-13(18)17-15)11-5-3-4-10-6-7-19-14(10)11/h3-5,8-9H,6-7H2,1-2H3,(H,16,17,18). The minimum absolute atomic E-state index is 0.121. The molecule has 0 saturated heterocycles. The van der Waals surface area contributed by atoms with Crippen molar-refractivity contribution in [3.05, 3.63) is 46.0 Å². The van der Waals surface area contributed by atoms with Crippen molar-refractivity contribution in [3.63, 3.8) is 0 Å². The number of hydrogen-bond acceptors (Lipinski definition) is 3. The number of rotatable bonds is 2. The summed E-state index contributed by atoms with van der Waals surface area (Å²) >= 11 is 0. The third-order valence-electron chi connectivity index (χ3n) is 3.30. The highest BCUT2D eigenvalue weighted by Crippen LogP contribution is 2.35. The van der Waals surface area contributed by atoms with Gasteiger partial charge in [-0.1, -0.05) is 26.0 Å². The highest BCUT2D eigenvalue weighted by molar-refractivity contribution is 5.69. The fourth-order valence-electron chi connectivity index (χ4n) is 2.30. The van der Waals surface area contributed by atoms with E-state index in [1.165, 1.54) is 11.6 Å². The second-order valence-corrected chi connectivity index (χ2v) is 5.06. The van der Waals surface area contributed by atoms with E-state index in [0.717, 1.165) is 17.7 Å². The van der Waals surface area contributed by atoms with Crippen molar-refractivity contribution in [3.8, 4) is 17.0 Å². The van der Waals surface area contributed by atoms with E-state index in [-0.39, 0.29) is 11.5 Å². The van der Waals surface area contributed by atoms with Gasteiger partial charge in [0.25, 0.3) is 5.56 Å². The summed E-state index contributed by atoms with van der Waals surface area (Å²) in [6.07, 6.45) is 0.920. The zero-order valence-corrected chi connectivity index (χ0v) is 11.1. The molecule has 19 heavy (non-hydrogen) atoms. The highest BCUT2D eigenvalue weighted by Gasteiger charge is 2.18. The lowest BCUT2D eigenvalue weighted by molar-refractivity contribution is 0.358. The lowest BCUT2D eigenvalue weighted by Crippen LogP contribution is -2.12. The highest BCUT2D eigenvalue weighted by atomic mass is 16.5. The second kappa shape index (κ2) is 4.53. The Kier molecular flexibility index (Phi) is 2.85. The molecule has 0 saturated carbocycles. The number of aromatic nitrogens is 2. The van der Waals surface area contributed by atoms with Crippen LogP contribution in [0.3, 0.4) is 0 Å². The molecule has 0 bridgehead atoms. The summed E-state index contributed by atoms with van der Waals surface area (Å²) in [4.78, 5) is 19.1. The summed E-state index contributed by atoms with van der Waals surface area (Å²) in [5.41, 5.74) is 2.66. The summed E-state index contributed by atoms with van der Waals surface area (Å²) in [5.74, 6) is 1.76. The van der Waals surface area contributed by atoms with Crippen LogP contribution < -0.4 is 10.3 Å². The molecule has 1 aliphatic heterocycles. The number of hydrogen-bond donors (Lipinski definition) is 1. The normalized spacial score (nSPS) is 13.4. The second-order valence-electron chi connectivity index (χ2n) is 5.06. The molecule has 2 aromatic rings. The molecule has 4 heteroatoms. The van der Waals surface area contributed by atoms with Gasteiger partial charge < -0.3 is 9.72 Å². The van der Waals surface area contributed by atoms with Gasteiger partial charge in [-0.25, -0.2) is 4.98 Å². The van der Waals surface area contributed by atoms with E-state index in [0.29, 0.717) is 18.1 Å². The Balaban J connectivity index is 2.18. The van der Waals surface area contributed by atoms with Gasteiger partial charge in [-0.15, -0.1) is 0 Å². The van der Waals surface area contributed by atoms with Gasteiger partial charge in [0.2, 0.25) is 0 Å². The summed E-state index contributed by atoms with van der Waals surface area (Å²) in [6, 6.07) is 7.53. The average molecular weight is 256 g/mol. The quantitative estimate of drug-likeness (QED) is 0.898. The molecular weight excluding hydrogens is 240 g/mol. The van der Waals surface area contributed by atoms with Crippen LogP contribution in [0.1, 0.15) is 31.2 Å². The van der Waals surface area contributed by atoms with Crippen molar-refractivity contribution in [1.29, 1.82) is 0 Å². The van der Waals surface area contributed by atoms with Gasteiger partial charge in [0.1, 0.15) is 11.6 Å². The van der Waals surface area contributed by atoms with Crippen LogP contribution >= 0.6 is 0 Å². The molecule has 1 N–H and O–H groups in total. The molecule has 0 radical (unpaired) electrons. The van der Waals surface area contributed by atoms with E-state index in [4.69, 9.17) is 4.74 Å². The third-order valence-corrected chi connectivity index (χ3v) is 3.30. The van der Waals surface area contributed by atoms with Crippen LogP contribution in [0.25, 0.3) is 11.3 Å². The van der Waals surface area contributed by atoms with Crippen molar-refractivity contribution < 1.29 is 4.74 Å². The fourth-order valence-corrected chi connectivity index (χ4v) is 2.30. The number of ether oxygens (including phenoxy) is 1. The molecule has 98 valence electrons. The smallest absolute Gasteiger partial charge is 0.251 e. The predicted octanol–water partition coefficient (Wildman–Crippen LogP) is 2.50. The molecule has 0 unspecified atom stereocenters. The van der Waals surface area contributed by atoms with Crippen LogP contribution in [-0.4, -0.2) is 16.6 Å². The maximum absolute atomic E-state index is 11.8. The number of nitrogens with zero attached hydrogens (tertiary/aromatic N) is 1. The van der Waals surface area contributed by atoms with E-state index >= 15 is 0 Å². The van der Waals surface area contributed by atoms with Crippen molar-refractivity contribution >= 4 is 0 Å². The van der Waals surface area contributed by atoms with Crippen LogP contribution in [-0.2, 0) is 6.42 Å². The predicted molar refractivity (Wildman–Crippen MR) is 73.6 cm³/mol. The largest absolute Gasteiger partial charge is 0.492 e. The first-order chi connectivity index (χ1) is 9.15. The van der Waals surface area contributed by atoms with Crippen LogP contribution in [0.4, 0.5) is 0 Å². The van der Waals surface area contributed by atoms with E-state index in [1.807, 2.05) is 26.0 Å². The summed E-state index contributed by atoms with van der Waals surface area (Å²) in [7, 11) is 0. The van der Waals surface area contributed by atoms with Crippen LogP contribution in [0.5, 0.6) is 5.75 Å². The molecule has 2 heterocycles. The Labute approximate surface area is 111 Å². The molecule has 0 atom stereocenters. The molecular formula is C15H16N2O2. The molecule has 0 amide bonds. The van der Waals surface area contributed by atoms with E-state index in [1.54, 1.807) is 0 Å². The Hall–Kier alpha value is -2.10. The molecule has 3 rings (SSSR count). The van der Waals surface area contributed by atoms with Gasteiger partial charge in [-0.3, -0.25) is 4.79 Å². The molecule has 0 fully saturated rings. The lowest BCUT2D eigenvalue weighted by Gasteiger charge is -2.10. The van der Waals surface area contributed by atoms with Gasteiger partial charge in [-0.2, -0.15) is 0 Å². The maximum atomic E-state index is 11.8. The van der Waals surface area contributed by atoms with E-state index < -0.39 is 0 Å². The number of para-hydroxylation sites is 1. The van der Waals surface area contributed by atoms with E-state index in [2.05, 4.69) is 16.0 Å².